The van der Waals surface area contributed by atoms with Gasteiger partial charge in [-0.1, -0.05) is 0 Å². The van der Waals surface area contributed by atoms with E-state index in [-0.39, 0.29) is 0 Å². The van der Waals surface area contributed by atoms with E-state index in [9.17, 15) is 13.0 Å². The summed E-state index contributed by atoms with van der Waals surface area (Å²) in [5.74, 6) is 0. The quantitative estimate of drug-likeness (QED) is 0.638. The molecule has 4 nitrogen and oxygen atoms in total. The lowest BCUT2D eigenvalue weighted by molar-refractivity contribution is -0.0272. The van der Waals surface area contributed by atoms with Gasteiger partial charge in [-0.2, -0.15) is 4.21 Å². The van der Waals surface area contributed by atoms with Crippen molar-refractivity contribution in [2.45, 2.75) is 12.5 Å². The summed E-state index contributed by atoms with van der Waals surface area (Å²) >= 11 is -2.68. The molecule has 0 fully saturated rings. The standard InChI is InChI=1S/C4H8F2O4S/c1-9-2-3(4(5)6)10-11(7)8/h3-4H,2H2,1H3,(H,7,8)/t3-/m1/s1. The summed E-state index contributed by atoms with van der Waals surface area (Å²) in [6.07, 6.45) is -4.48. The molecule has 2 atom stereocenters. The zero-order valence-electron chi connectivity index (χ0n) is 5.70. The zero-order chi connectivity index (χ0) is 8.85. The van der Waals surface area contributed by atoms with Crippen molar-refractivity contribution in [1.82, 2.24) is 0 Å². The topological polar surface area (TPSA) is 55.8 Å². The molecule has 0 heterocycles. The van der Waals surface area contributed by atoms with E-state index in [0.717, 1.165) is 0 Å². The summed E-state index contributed by atoms with van der Waals surface area (Å²) in [6.45, 7) is -0.413. The van der Waals surface area contributed by atoms with Crippen LogP contribution >= 0.6 is 0 Å². The number of hydrogen-bond donors (Lipinski definition) is 1. The maximum atomic E-state index is 11.8. The van der Waals surface area contributed by atoms with E-state index in [4.69, 9.17) is 4.55 Å². The van der Waals surface area contributed by atoms with Gasteiger partial charge in [0.05, 0.1) is 6.61 Å². The Hall–Kier alpha value is -0.110. The Morgan fingerprint density at radius 3 is 2.45 bits per heavy atom. The molecule has 11 heavy (non-hydrogen) atoms. The van der Waals surface area contributed by atoms with Crippen LogP contribution in [0.1, 0.15) is 0 Å². The van der Waals surface area contributed by atoms with Crippen molar-refractivity contribution in [3.8, 4) is 0 Å². The van der Waals surface area contributed by atoms with Crippen molar-refractivity contribution >= 4 is 11.4 Å². The Bertz CT molecular complexity index is 131. The molecule has 1 unspecified atom stereocenters. The molecule has 68 valence electrons. The Labute approximate surface area is 65.0 Å². The molecule has 0 amide bonds. The van der Waals surface area contributed by atoms with Crippen LogP contribution in [0.25, 0.3) is 0 Å². The average Bonchev–Trinajstić information content (AvgIpc) is 1.86. The van der Waals surface area contributed by atoms with E-state index >= 15 is 0 Å². The molecule has 7 heteroatoms. The SMILES string of the molecule is COC[C@@H](OS(=O)O)C(F)F. The molecule has 0 aromatic carbocycles. The fraction of sp³-hybridized carbons (Fsp3) is 1.00. The molecule has 0 aliphatic rings. The molecular formula is C4H8F2O4S. The summed E-state index contributed by atoms with van der Waals surface area (Å²) < 4.78 is 49.8. The first kappa shape index (κ1) is 10.9. The van der Waals surface area contributed by atoms with E-state index in [0.29, 0.717) is 0 Å². The number of rotatable bonds is 5. The van der Waals surface area contributed by atoms with Crippen molar-refractivity contribution in [3.05, 3.63) is 0 Å². The highest BCUT2D eigenvalue weighted by Gasteiger charge is 2.23. The van der Waals surface area contributed by atoms with Crippen LogP contribution in [-0.2, 0) is 20.3 Å². The maximum absolute atomic E-state index is 11.8. The lowest BCUT2D eigenvalue weighted by Gasteiger charge is -2.11. The third kappa shape index (κ3) is 5.19. The molecule has 0 aromatic heterocycles. The van der Waals surface area contributed by atoms with Crippen LogP contribution in [-0.4, -0.2) is 35.0 Å². The first-order chi connectivity index (χ1) is 5.07. The second-order valence-corrected chi connectivity index (χ2v) is 2.27. The monoisotopic (exact) mass is 190 g/mol. The molecule has 0 aliphatic carbocycles. The highest BCUT2D eigenvalue weighted by atomic mass is 32.2. The second kappa shape index (κ2) is 5.53. The minimum absolute atomic E-state index is 0.413. The summed E-state index contributed by atoms with van der Waals surface area (Å²) in [5.41, 5.74) is 0. The van der Waals surface area contributed by atoms with Crippen LogP contribution in [0.5, 0.6) is 0 Å². The normalized spacial score (nSPS) is 16.8. The molecule has 0 saturated heterocycles. The number of alkyl halides is 2. The van der Waals surface area contributed by atoms with Crippen molar-refractivity contribution in [3.63, 3.8) is 0 Å². The van der Waals surface area contributed by atoms with Gasteiger partial charge in [0.25, 0.3) is 6.43 Å². The van der Waals surface area contributed by atoms with Crippen molar-refractivity contribution in [2.75, 3.05) is 13.7 Å². The molecular weight excluding hydrogens is 182 g/mol. The molecule has 0 saturated carbocycles. The lowest BCUT2D eigenvalue weighted by Crippen LogP contribution is -2.27. The van der Waals surface area contributed by atoms with Gasteiger partial charge in [0, 0.05) is 7.11 Å². The van der Waals surface area contributed by atoms with Gasteiger partial charge < -0.3 is 4.74 Å². The second-order valence-electron chi connectivity index (χ2n) is 1.64. The predicted octanol–water partition coefficient (Wildman–Crippen LogP) is 0.420. The van der Waals surface area contributed by atoms with E-state index in [1.165, 1.54) is 7.11 Å². The van der Waals surface area contributed by atoms with Crippen molar-refractivity contribution in [2.24, 2.45) is 0 Å². The first-order valence-corrected chi connectivity index (χ1v) is 3.66. The van der Waals surface area contributed by atoms with Crippen LogP contribution in [0.3, 0.4) is 0 Å². The molecule has 0 radical (unpaired) electrons. The Balaban J connectivity index is 3.79. The van der Waals surface area contributed by atoms with Gasteiger partial charge in [-0.25, -0.2) is 8.78 Å². The van der Waals surface area contributed by atoms with E-state index < -0.39 is 30.5 Å². The largest absolute Gasteiger partial charge is 0.382 e. The zero-order valence-corrected chi connectivity index (χ0v) is 6.51. The minimum atomic E-state index is -2.83. The van der Waals surface area contributed by atoms with Crippen LogP contribution in [0.15, 0.2) is 0 Å². The summed E-state index contributed by atoms with van der Waals surface area (Å²) in [6, 6.07) is 0. The van der Waals surface area contributed by atoms with Gasteiger partial charge in [0.2, 0.25) is 0 Å². The Kier molecular flexibility index (Phi) is 5.47. The fourth-order valence-corrected chi connectivity index (χ4v) is 0.764. The van der Waals surface area contributed by atoms with E-state index in [1.807, 2.05) is 0 Å². The van der Waals surface area contributed by atoms with Crippen LogP contribution in [0.4, 0.5) is 8.78 Å². The number of hydrogen-bond acceptors (Lipinski definition) is 3. The smallest absolute Gasteiger partial charge is 0.302 e. The number of halogens is 2. The summed E-state index contributed by atoms with van der Waals surface area (Å²) in [4.78, 5) is 0. The van der Waals surface area contributed by atoms with Gasteiger partial charge in [-0.15, -0.1) is 0 Å². The van der Waals surface area contributed by atoms with Crippen LogP contribution < -0.4 is 0 Å². The third-order valence-corrected chi connectivity index (χ3v) is 1.23. The van der Waals surface area contributed by atoms with Crippen molar-refractivity contribution in [1.29, 1.82) is 0 Å². The van der Waals surface area contributed by atoms with Crippen molar-refractivity contribution < 1.29 is 26.5 Å². The highest BCUT2D eigenvalue weighted by Crippen LogP contribution is 2.06. The number of methoxy groups -OCH3 is 1. The summed E-state index contributed by atoms with van der Waals surface area (Å²) in [5, 5.41) is 0. The predicted molar refractivity (Wildman–Crippen MR) is 33.5 cm³/mol. The first-order valence-electron chi connectivity index (χ1n) is 2.63. The average molecular weight is 190 g/mol. The van der Waals surface area contributed by atoms with Gasteiger partial charge in [0.15, 0.2) is 6.10 Å². The van der Waals surface area contributed by atoms with E-state index in [2.05, 4.69) is 8.92 Å². The summed E-state index contributed by atoms with van der Waals surface area (Å²) in [7, 11) is 1.19. The molecule has 0 aromatic rings. The van der Waals surface area contributed by atoms with Gasteiger partial charge in [-0.05, 0) is 0 Å². The molecule has 1 N–H and O–H groups in total. The number of ether oxygens (including phenoxy) is 1. The van der Waals surface area contributed by atoms with Gasteiger partial charge >= 0.3 is 11.4 Å². The Morgan fingerprint density at radius 2 is 2.18 bits per heavy atom. The van der Waals surface area contributed by atoms with Gasteiger partial charge in [-0.3, -0.25) is 8.74 Å². The Morgan fingerprint density at radius 1 is 1.64 bits per heavy atom. The molecule has 0 spiro atoms. The van der Waals surface area contributed by atoms with E-state index in [1.54, 1.807) is 0 Å². The van der Waals surface area contributed by atoms with Crippen LogP contribution in [0, 0.1) is 0 Å². The maximum Gasteiger partial charge on any atom is 0.302 e. The molecule has 0 aliphatic heterocycles. The molecule has 0 bridgehead atoms. The van der Waals surface area contributed by atoms with Crippen LogP contribution in [0.2, 0.25) is 0 Å². The highest BCUT2D eigenvalue weighted by molar-refractivity contribution is 7.74. The molecule has 0 rings (SSSR count). The minimum Gasteiger partial charge on any atom is -0.382 e. The fourth-order valence-electron chi connectivity index (χ4n) is 0.413. The lowest BCUT2D eigenvalue weighted by atomic mass is 10.4. The van der Waals surface area contributed by atoms with Gasteiger partial charge in [0.1, 0.15) is 0 Å². The third-order valence-electron chi connectivity index (χ3n) is 0.818.